The van der Waals surface area contributed by atoms with E-state index in [4.69, 9.17) is 4.84 Å². The SMILES string of the molecule is Cc1ccc(C(=O)O/N=C2\CCCCC2CN(C)C)cc1.Cl. The van der Waals surface area contributed by atoms with Gasteiger partial charge in [-0.2, -0.15) is 0 Å². The Balaban J connectivity index is 0.00000242. The van der Waals surface area contributed by atoms with E-state index in [1.165, 1.54) is 6.42 Å². The van der Waals surface area contributed by atoms with Gasteiger partial charge in [0.15, 0.2) is 0 Å². The van der Waals surface area contributed by atoms with Gasteiger partial charge in [-0.05, 0) is 52.4 Å². The van der Waals surface area contributed by atoms with Crippen molar-refractivity contribution in [1.29, 1.82) is 0 Å². The number of hydrogen-bond acceptors (Lipinski definition) is 4. The fourth-order valence-corrected chi connectivity index (χ4v) is 2.67. The molecule has 0 aromatic heterocycles. The molecule has 0 aliphatic heterocycles. The molecule has 122 valence electrons. The lowest BCUT2D eigenvalue weighted by Crippen LogP contribution is -2.30. The van der Waals surface area contributed by atoms with E-state index in [0.717, 1.165) is 37.1 Å². The Labute approximate surface area is 138 Å². The standard InChI is InChI=1S/C17H24N2O2.ClH/c1-13-8-10-14(11-9-13)17(20)21-18-16-7-5-4-6-15(16)12-19(2)3;/h8-11,15H,4-7,12H2,1-3H3;1H/b18-16+;. The molecule has 1 aromatic carbocycles. The Bertz CT molecular complexity index is 512. The molecule has 1 atom stereocenters. The highest BCUT2D eigenvalue weighted by Gasteiger charge is 2.22. The monoisotopic (exact) mass is 324 g/mol. The van der Waals surface area contributed by atoms with Crippen LogP contribution in [0.5, 0.6) is 0 Å². The largest absolute Gasteiger partial charge is 0.365 e. The second-order valence-electron chi connectivity index (χ2n) is 6.03. The lowest BCUT2D eigenvalue weighted by Gasteiger charge is -2.25. The van der Waals surface area contributed by atoms with Gasteiger partial charge in [-0.1, -0.05) is 29.3 Å². The summed E-state index contributed by atoms with van der Waals surface area (Å²) in [6.45, 7) is 2.95. The molecular weight excluding hydrogens is 300 g/mol. The average Bonchev–Trinajstić information content (AvgIpc) is 2.46. The minimum atomic E-state index is -0.378. The lowest BCUT2D eigenvalue weighted by molar-refractivity contribution is 0.0511. The molecule has 1 unspecified atom stereocenters. The smallest absolute Gasteiger partial charge is 0.313 e. The third-order valence-corrected chi connectivity index (χ3v) is 3.83. The van der Waals surface area contributed by atoms with Gasteiger partial charge >= 0.3 is 5.97 Å². The Kier molecular flexibility index (Phi) is 7.56. The third kappa shape index (κ3) is 5.43. The lowest BCUT2D eigenvalue weighted by atomic mass is 9.87. The zero-order valence-electron chi connectivity index (χ0n) is 13.5. The zero-order chi connectivity index (χ0) is 15.2. The molecule has 1 fully saturated rings. The summed E-state index contributed by atoms with van der Waals surface area (Å²) in [5.41, 5.74) is 2.69. The van der Waals surface area contributed by atoms with Gasteiger partial charge in [-0.15, -0.1) is 12.4 Å². The van der Waals surface area contributed by atoms with Crippen LogP contribution < -0.4 is 0 Å². The van der Waals surface area contributed by atoms with Crippen LogP contribution in [0.3, 0.4) is 0 Å². The maximum Gasteiger partial charge on any atom is 0.365 e. The van der Waals surface area contributed by atoms with E-state index >= 15 is 0 Å². The van der Waals surface area contributed by atoms with Crippen molar-refractivity contribution < 1.29 is 9.63 Å². The first kappa shape index (κ1) is 18.7. The van der Waals surface area contributed by atoms with Crippen molar-refractivity contribution in [1.82, 2.24) is 4.90 Å². The zero-order valence-corrected chi connectivity index (χ0v) is 14.4. The van der Waals surface area contributed by atoms with Crippen molar-refractivity contribution in [2.75, 3.05) is 20.6 Å². The number of carbonyl (C=O) groups excluding carboxylic acids is 1. The van der Waals surface area contributed by atoms with Gasteiger partial charge in [-0.3, -0.25) is 0 Å². The molecule has 0 saturated heterocycles. The summed E-state index contributed by atoms with van der Waals surface area (Å²) in [6, 6.07) is 7.35. The van der Waals surface area contributed by atoms with Crippen molar-refractivity contribution in [3.05, 3.63) is 35.4 Å². The second kappa shape index (κ2) is 8.91. The first-order chi connectivity index (χ1) is 10.1. The molecule has 0 radical (unpaired) electrons. The number of halogens is 1. The van der Waals surface area contributed by atoms with Crippen LogP contribution in [0.4, 0.5) is 0 Å². The third-order valence-electron chi connectivity index (χ3n) is 3.83. The summed E-state index contributed by atoms with van der Waals surface area (Å²) < 4.78 is 0. The van der Waals surface area contributed by atoms with Gasteiger partial charge in [0, 0.05) is 12.5 Å². The Morgan fingerprint density at radius 2 is 1.95 bits per heavy atom. The topological polar surface area (TPSA) is 41.9 Å². The average molecular weight is 325 g/mol. The van der Waals surface area contributed by atoms with Gasteiger partial charge < -0.3 is 9.74 Å². The van der Waals surface area contributed by atoms with Gasteiger partial charge in [0.05, 0.1) is 11.3 Å². The number of nitrogens with zero attached hydrogens (tertiary/aromatic N) is 2. The van der Waals surface area contributed by atoms with Crippen molar-refractivity contribution in [2.24, 2.45) is 11.1 Å². The highest BCUT2D eigenvalue weighted by Crippen LogP contribution is 2.22. The molecule has 0 N–H and O–H groups in total. The van der Waals surface area contributed by atoms with Crippen LogP contribution in [0.25, 0.3) is 0 Å². The molecule has 0 amide bonds. The first-order valence-corrected chi connectivity index (χ1v) is 7.56. The predicted octanol–water partition coefficient (Wildman–Crippen LogP) is 3.68. The minimum absolute atomic E-state index is 0. The highest BCUT2D eigenvalue weighted by atomic mass is 35.5. The van der Waals surface area contributed by atoms with Crippen molar-refractivity contribution >= 4 is 24.1 Å². The number of benzene rings is 1. The summed E-state index contributed by atoms with van der Waals surface area (Å²) in [6.07, 6.45) is 4.41. The quantitative estimate of drug-likeness (QED) is 0.626. The van der Waals surface area contributed by atoms with Crippen LogP contribution in [-0.2, 0) is 4.84 Å². The Morgan fingerprint density at radius 1 is 1.27 bits per heavy atom. The van der Waals surface area contributed by atoms with E-state index in [2.05, 4.69) is 24.2 Å². The van der Waals surface area contributed by atoms with Crippen LogP contribution in [0.15, 0.2) is 29.4 Å². The molecule has 22 heavy (non-hydrogen) atoms. The molecule has 0 bridgehead atoms. The molecule has 1 saturated carbocycles. The molecular formula is C17H25ClN2O2. The molecule has 0 heterocycles. The predicted molar refractivity (Wildman–Crippen MR) is 91.8 cm³/mol. The maximum atomic E-state index is 12.0. The number of hydrogen-bond donors (Lipinski definition) is 0. The maximum absolute atomic E-state index is 12.0. The molecule has 0 spiro atoms. The minimum Gasteiger partial charge on any atom is -0.313 e. The first-order valence-electron chi connectivity index (χ1n) is 7.56. The molecule has 1 aliphatic rings. The fraction of sp³-hybridized carbons (Fsp3) is 0.529. The van der Waals surface area contributed by atoms with Crippen molar-refractivity contribution in [3.63, 3.8) is 0 Å². The van der Waals surface area contributed by atoms with Gasteiger partial charge in [0.2, 0.25) is 0 Å². The molecule has 1 aliphatic carbocycles. The number of rotatable bonds is 4. The summed E-state index contributed by atoms with van der Waals surface area (Å²) in [5, 5.41) is 4.16. The van der Waals surface area contributed by atoms with Crippen LogP contribution in [0, 0.1) is 12.8 Å². The van der Waals surface area contributed by atoms with Gasteiger partial charge in [0.1, 0.15) is 0 Å². The van der Waals surface area contributed by atoms with Gasteiger partial charge in [-0.25, -0.2) is 4.79 Å². The molecule has 2 rings (SSSR count). The second-order valence-corrected chi connectivity index (χ2v) is 6.03. The van der Waals surface area contributed by atoms with E-state index in [1.807, 2.05) is 19.1 Å². The number of aryl methyl sites for hydroxylation is 1. The van der Waals surface area contributed by atoms with Crippen LogP contribution in [0.2, 0.25) is 0 Å². The molecule has 1 aromatic rings. The van der Waals surface area contributed by atoms with Crippen LogP contribution in [-0.4, -0.2) is 37.2 Å². The van der Waals surface area contributed by atoms with Crippen LogP contribution in [0.1, 0.15) is 41.6 Å². The normalized spacial score (nSPS) is 19.8. The fourth-order valence-electron chi connectivity index (χ4n) is 2.67. The Morgan fingerprint density at radius 3 is 2.59 bits per heavy atom. The van der Waals surface area contributed by atoms with Gasteiger partial charge in [0.25, 0.3) is 0 Å². The van der Waals surface area contributed by atoms with E-state index in [9.17, 15) is 4.79 Å². The number of carbonyl (C=O) groups is 1. The Hall–Kier alpha value is -1.39. The van der Waals surface area contributed by atoms with E-state index < -0.39 is 0 Å². The van der Waals surface area contributed by atoms with E-state index in [0.29, 0.717) is 11.5 Å². The van der Waals surface area contributed by atoms with Crippen LogP contribution >= 0.6 is 12.4 Å². The molecule has 5 heteroatoms. The summed E-state index contributed by atoms with van der Waals surface area (Å²) in [4.78, 5) is 19.3. The summed E-state index contributed by atoms with van der Waals surface area (Å²) in [7, 11) is 4.12. The highest BCUT2D eigenvalue weighted by molar-refractivity contribution is 5.91. The summed E-state index contributed by atoms with van der Waals surface area (Å²) >= 11 is 0. The van der Waals surface area contributed by atoms with E-state index in [-0.39, 0.29) is 18.4 Å². The molecule has 4 nitrogen and oxygen atoms in total. The van der Waals surface area contributed by atoms with E-state index in [1.54, 1.807) is 12.1 Å². The number of oxime groups is 1. The van der Waals surface area contributed by atoms with Crippen molar-refractivity contribution in [3.8, 4) is 0 Å². The summed E-state index contributed by atoms with van der Waals surface area (Å²) in [5.74, 6) is 0.0243. The van der Waals surface area contributed by atoms with Crippen molar-refractivity contribution in [2.45, 2.75) is 32.6 Å².